The first-order valence-electron chi connectivity index (χ1n) is 18.2. The molecule has 0 radical (unpaired) electrons. The molecule has 292 valence electrons. The van der Waals surface area contributed by atoms with Gasteiger partial charge in [-0.25, -0.2) is 9.59 Å². The Kier molecular flexibility index (Phi) is 18.7. The van der Waals surface area contributed by atoms with Crippen molar-refractivity contribution in [3.05, 3.63) is 83.0 Å². The van der Waals surface area contributed by atoms with Crippen molar-refractivity contribution >= 4 is 82.5 Å². The Morgan fingerprint density at radius 3 is 1.36 bits per heavy atom. The molecule has 0 saturated carbocycles. The van der Waals surface area contributed by atoms with E-state index in [-0.39, 0.29) is 30.8 Å². The van der Waals surface area contributed by atoms with Gasteiger partial charge in [-0.2, -0.15) is 23.5 Å². The molecule has 2 fully saturated rings. The molecule has 2 saturated heterocycles. The second kappa shape index (κ2) is 22.3. The first-order chi connectivity index (χ1) is 25.4. The third kappa shape index (κ3) is 13.9. The lowest BCUT2D eigenvalue weighted by Gasteiger charge is -2.30. The van der Waals surface area contributed by atoms with Crippen LogP contribution in [-0.4, -0.2) is 92.5 Å². The Morgan fingerprint density at radius 1 is 0.698 bits per heavy atom. The molecule has 2 heterocycles. The molecule has 2 aliphatic heterocycles. The van der Waals surface area contributed by atoms with Crippen molar-refractivity contribution in [2.45, 2.75) is 81.2 Å². The van der Waals surface area contributed by atoms with Crippen molar-refractivity contribution in [1.82, 2.24) is 0 Å². The standard InChI is InChI=1S/C41H56O6S6/c1-9-35(42)46-33(25-48-13-11-37-50-15-16-51-37)23-44-39-27(3)19-31(20-28(39)4)41(7,8)32-21-29(5)40(30(6)22-32)45-24-34(47-36(43)10-2)26-49-14-12-38-52-17-18-53-38/h9-10,19-22,33-34,37-38H,1-2,11-18,23-26H2,3-8H3. The number of aryl methyl sites for hydroxylation is 4. The van der Waals surface area contributed by atoms with E-state index < -0.39 is 11.9 Å². The maximum absolute atomic E-state index is 12.1. The largest absolute Gasteiger partial charge is 0.489 e. The number of thioether (sulfide) groups is 6. The molecule has 6 nitrogen and oxygen atoms in total. The van der Waals surface area contributed by atoms with E-state index in [2.05, 4.69) is 79.0 Å². The molecule has 0 aliphatic carbocycles. The van der Waals surface area contributed by atoms with E-state index in [9.17, 15) is 9.59 Å². The van der Waals surface area contributed by atoms with Crippen LogP contribution in [0.5, 0.6) is 11.5 Å². The molecule has 0 amide bonds. The summed E-state index contributed by atoms with van der Waals surface area (Å²) in [5.41, 5.74) is 6.22. The fourth-order valence-electron chi connectivity index (χ4n) is 6.19. The van der Waals surface area contributed by atoms with Crippen molar-refractivity contribution in [1.29, 1.82) is 0 Å². The molecule has 2 atom stereocenters. The molecular weight excluding hydrogens is 781 g/mol. The van der Waals surface area contributed by atoms with E-state index in [1.807, 2.05) is 70.6 Å². The first-order valence-corrected chi connectivity index (χ1v) is 24.7. The Labute approximate surface area is 343 Å². The number of rotatable bonds is 22. The lowest BCUT2D eigenvalue weighted by atomic mass is 9.76. The van der Waals surface area contributed by atoms with Crippen molar-refractivity contribution in [3.63, 3.8) is 0 Å². The molecule has 0 spiro atoms. The van der Waals surface area contributed by atoms with Gasteiger partial charge in [0, 0.05) is 52.1 Å². The van der Waals surface area contributed by atoms with Gasteiger partial charge in [-0.1, -0.05) is 51.3 Å². The Balaban J connectivity index is 1.39. The number of esters is 2. The van der Waals surface area contributed by atoms with Crippen LogP contribution in [-0.2, 0) is 24.5 Å². The molecule has 0 bridgehead atoms. The monoisotopic (exact) mass is 836 g/mol. The highest BCUT2D eigenvalue weighted by atomic mass is 32.2. The average Bonchev–Trinajstić information content (AvgIpc) is 3.85. The average molecular weight is 837 g/mol. The number of benzene rings is 2. The summed E-state index contributed by atoms with van der Waals surface area (Å²) in [6.07, 6.45) is 4.01. The van der Waals surface area contributed by atoms with Crippen LogP contribution in [0.4, 0.5) is 0 Å². The molecule has 2 aliphatic rings. The second-order valence-corrected chi connectivity index (χ2v) is 21.9. The summed E-state index contributed by atoms with van der Waals surface area (Å²) < 4.78 is 25.5. The molecule has 53 heavy (non-hydrogen) atoms. The van der Waals surface area contributed by atoms with Gasteiger partial charge in [0.2, 0.25) is 0 Å². The maximum Gasteiger partial charge on any atom is 0.330 e. The zero-order chi connectivity index (χ0) is 38.4. The second-order valence-electron chi connectivity index (χ2n) is 13.7. The minimum absolute atomic E-state index is 0.287. The zero-order valence-corrected chi connectivity index (χ0v) is 37.0. The van der Waals surface area contributed by atoms with Gasteiger partial charge in [-0.3, -0.25) is 0 Å². The summed E-state index contributed by atoms with van der Waals surface area (Å²) in [6, 6.07) is 8.81. The quantitative estimate of drug-likeness (QED) is 0.0644. The Bertz CT molecular complexity index is 1380. The maximum atomic E-state index is 12.1. The Hall–Kier alpha value is -1.44. The van der Waals surface area contributed by atoms with Crippen LogP contribution >= 0.6 is 70.6 Å². The summed E-state index contributed by atoms with van der Waals surface area (Å²) in [7, 11) is 0. The summed E-state index contributed by atoms with van der Waals surface area (Å²) >= 11 is 11.8. The highest BCUT2D eigenvalue weighted by molar-refractivity contribution is 8.20. The van der Waals surface area contributed by atoms with Crippen LogP contribution in [0.25, 0.3) is 0 Å². The van der Waals surface area contributed by atoms with Crippen LogP contribution in [0, 0.1) is 27.7 Å². The zero-order valence-electron chi connectivity index (χ0n) is 32.1. The van der Waals surface area contributed by atoms with Crippen molar-refractivity contribution in [2.75, 3.05) is 59.2 Å². The van der Waals surface area contributed by atoms with Gasteiger partial charge in [0.15, 0.2) is 0 Å². The molecule has 0 aromatic heterocycles. The van der Waals surface area contributed by atoms with Crippen molar-refractivity contribution in [3.8, 4) is 11.5 Å². The number of hydrogen-bond donors (Lipinski definition) is 0. The van der Waals surface area contributed by atoms with Gasteiger partial charge < -0.3 is 18.9 Å². The summed E-state index contributed by atoms with van der Waals surface area (Å²) in [5.74, 6) is 9.17. The first kappa shape index (κ1) is 44.3. The van der Waals surface area contributed by atoms with E-state index in [0.717, 1.165) is 58.1 Å². The molecule has 2 aromatic carbocycles. The van der Waals surface area contributed by atoms with Gasteiger partial charge in [0.1, 0.15) is 36.9 Å². The predicted octanol–water partition coefficient (Wildman–Crippen LogP) is 10.1. The van der Waals surface area contributed by atoms with Gasteiger partial charge in [0.25, 0.3) is 0 Å². The number of carbonyl (C=O) groups excluding carboxylic acids is 2. The highest BCUT2D eigenvalue weighted by Crippen LogP contribution is 2.39. The van der Waals surface area contributed by atoms with Crippen molar-refractivity contribution in [2.24, 2.45) is 0 Å². The number of ether oxygens (including phenoxy) is 4. The molecule has 12 heteroatoms. The summed E-state index contributed by atoms with van der Waals surface area (Å²) in [6.45, 7) is 20.5. The lowest BCUT2D eigenvalue weighted by Crippen LogP contribution is -2.28. The van der Waals surface area contributed by atoms with E-state index in [4.69, 9.17) is 18.9 Å². The van der Waals surface area contributed by atoms with Gasteiger partial charge in [-0.05, 0) is 85.4 Å². The lowest BCUT2D eigenvalue weighted by molar-refractivity contribution is -0.144. The fraction of sp³-hybridized carbons (Fsp3) is 0.561. The number of carbonyl (C=O) groups is 2. The Morgan fingerprint density at radius 2 is 1.04 bits per heavy atom. The van der Waals surface area contributed by atoms with Crippen LogP contribution < -0.4 is 9.47 Å². The molecule has 0 N–H and O–H groups in total. The minimum Gasteiger partial charge on any atom is -0.489 e. The molecule has 4 rings (SSSR count). The van der Waals surface area contributed by atoms with Crippen LogP contribution in [0.3, 0.4) is 0 Å². The summed E-state index contributed by atoms with van der Waals surface area (Å²) in [5, 5.41) is 0. The fourth-order valence-corrected chi connectivity index (χ4v) is 14.4. The molecule has 2 aromatic rings. The van der Waals surface area contributed by atoms with E-state index in [1.165, 1.54) is 46.3 Å². The van der Waals surface area contributed by atoms with E-state index in [1.54, 1.807) is 0 Å². The minimum atomic E-state index is -0.424. The van der Waals surface area contributed by atoms with Gasteiger partial charge >= 0.3 is 11.9 Å². The summed E-state index contributed by atoms with van der Waals surface area (Å²) in [4.78, 5) is 24.3. The molecular formula is C41H56O6S6. The third-order valence-corrected chi connectivity index (χ3v) is 17.7. The van der Waals surface area contributed by atoms with Crippen LogP contribution in [0.15, 0.2) is 49.6 Å². The smallest absolute Gasteiger partial charge is 0.330 e. The van der Waals surface area contributed by atoms with Gasteiger partial charge in [-0.15, -0.1) is 47.0 Å². The molecule has 2 unspecified atom stereocenters. The van der Waals surface area contributed by atoms with Crippen LogP contribution in [0.2, 0.25) is 0 Å². The van der Waals surface area contributed by atoms with Crippen molar-refractivity contribution < 1.29 is 28.5 Å². The number of hydrogen-bond acceptors (Lipinski definition) is 12. The van der Waals surface area contributed by atoms with E-state index >= 15 is 0 Å². The normalized spacial score (nSPS) is 16.3. The van der Waals surface area contributed by atoms with E-state index in [0.29, 0.717) is 20.7 Å². The highest BCUT2D eigenvalue weighted by Gasteiger charge is 2.27. The predicted molar refractivity (Wildman–Crippen MR) is 236 cm³/mol. The topological polar surface area (TPSA) is 71.1 Å². The van der Waals surface area contributed by atoms with Crippen LogP contribution in [0.1, 0.15) is 60.1 Å². The van der Waals surface area contributed by atoms with Gasteiger partial charge in [0.05, 0.1) is 9.16 Å². The third-order valence-electron chi connectivity index (χ3n) is 9.08. The SMILES string of the molecule is C=CC(=O)OC(COc1c(C)cc(C(C)(C)c2cc(C)c(OCC(CSCCC3SCCS3)OC(=O)C=C)c(C)c2)cc1C)CSCCC1SCCS1.